The largest absolute Gasteiger partial charge is 0.348 e. The third-order valence-electron chi connectivity index (χ3n) is 1.86. The molecule has 2 aromatic rings. The van der Waals surface area contributed by atoms with Crippen LogP contribution >= 0.6 is 11.3 Å². The van der Waals surface area contributed by atoms with E-state index >= 15 is 0 Å². The molecule has 0 saturated carbocycles. The van der Waals surface area contributed by atoms with Crippen molar-refractivity contribution in [3.63, 3.8) is 0 Å². The lowest BCUT2D eigenvalue weighted by atomic mass is 10.5. The number of aryl methyl sites for hydroxylation is 2. The summed E-state index contributed by atoms with van der Waals surface area (Å²) >= 11 is 1.64. The average molecular weight is 220 g/mol. The molecule has 4 nitrogen and oxygen atoms in total. The molecule has 1 N–H and O–H groups in total. The number of thiazole rings is 1. The van der Waals surface area contributed by atoms with Crippen LogP contribution in [0.25, 0.3) is 0 Å². The zero-order valence-electron chi connectivity index (χ0n) is 8.69. The predicted molar refractivity (Wildman–Crippen MR) is 60.9 cm³/mol. The number of rotatable bonds is 3. The average Bonchev–Trinajstić information content (AvgIpc) is 2.62. The van der Waals surface area contributed by atoms with Crippen LogP contribution in [0.3, 0.4) is 0 Å². The van der Waals surface area contributed by atoms with Crippen LogP contribution in [0.1, 0.15) is 16.4 Å². The van der Waals surface area contributed by atoms with Crippen molar-refractivity contribution >= 4 is 17.3 Å². The monoisotopic (exact) mass is 220 g/mol. The van der Waals surface area contributed by atoms with E-state index in [2.05, 4.69) is 20.3 Å². The first kappa shape index (κ1) is 10.0. The first-order chi connectivity index (χ1) is 7.24. The van der Waals surface area contributed by atoms with Crippen molar-refractivity contribution in [3.8, 4) is 0 Å². The lowest BCUT2D eigenvalue weighted by molar-refractivity contribution is 1.01. The highest BCUT2D eigenvalue weighted by Gasteiger charge is 1.99. The molecule has 0 saturated heterocycles. The Balaban J connectivity index is 1.99. The molecule has 0 unspecified atom stereocenters. The van der Waals surface area contributed by atoms with Crippen LogP contribution in [0, 0.1) is 13.8 Å². The Morgan fingerprint density at radius 2 is 2.13 bits per heavy atom. The van der Waals surface area contributed by atoms with Gasteiger partial charge >= 0.3 is 0 Å². The van der Waals surface area contributed by atoms with E-state index in [1.807, 2.05) is 25.3 Å². The first-order valence-corrected chi connectivity index (χ1v) is 5.56. The number of anilines is 1. The van der Waals surface area contributed by atoms with Crippen LogP contribution in [0.15, 0.2) is 17.6 Å². The smallest absolute Gasteiger partial charge is 0.223 e. The maximum atomic E-state index is 4.35. The Labute approximate surface area is 92.4 Å². The summed E-state index contributed by atoms with van der Waals surface area (Å²) in [5.74, 6) is 0.655. The van der Waals surface area contributed by atoms with E-state index in [1.54, 1.807) is 17.5 Å². The highest BCUT2D eigenvalue weighted by atomic mass is 32.1. The molecule has 78 valence electrons. The van der Waals surface area contributed by atoms with Gasteiger partial charge in [-0.25, -0.2) is 15.0 Å². The van der Waals surface area contributed by atoms with Crippen molar-refractivity contribution in [2.75, 3.05) is 5.32 Å². The molecule has 0 radical (unpaired) electrons. The van der Waals surface area contributed by atoms with Crippen LogP contribution in [0.2, 0.25) is 0 Å². The van der Waals surface area contributed by atoms with E-state index in [9.17, 15) is 0 Å². The molecule has 0 aliphatic heterocycles. The SMILES string of the molecule is Cc1ccnc(NCc2nc(C)cs2)n1. The minimum Gasteiger partial charge on any atom is -0.348 e. The number of nitrogens with zero attached hydrogens (tertiary/aromatic N) is 3. The molecule has 0 atom stereocenters. The number of nitrogens with one attached hydrogen (secondary N) is 1. The Morgan fingerprint density at radius 3 is 2.80 bits per heavy atom. The quantitative estimate of drug-likeness (QED) is 0.861. The molecule has 0 spiro atoms. The maximum absolute atomic E-state index is 4.35. The van der Waals surface area contributed by atoms with Crippen molar-refractivity contribution in [1.82, 2.24) is 15.0 Å². The van der Waals surface area contributed by atoms with E-state index in [-0.39, 0.29) is 0 Å². The number of hydrogen-bond acceptors (Lipinski definition) is 5. The summed E-state index contributed by atoms with van der Waals surface area (Å²) in [6.45, 7) is 4.62. The summed E-state index contributed by atoms with van der Waals surface area (Å²) in [7, 11) is 0. The van der Waals surface area contributed by atoms with E-state index in [1.165, 1.54) is 0 Å². The fourth-order valence-electron chi connectivity index (χ4n) is 1.17. The van der Waals surface area contributed by atoms with Gasteiger partial charge in [-0.3, -0.25) is 0 Å². The third kappa shape index (κ3) is 2.73. The molecule has 0 aliphatic rings. The van der Waals surface area contributed by atoms with Crippen molar-refractivity contribution in [2.24, 2.45) is 0 Å². The van der Waals surface area contributed by atoms with Gasteiger partial charge in [0.15, 0.2) is 0 Å². The molecule has 2 heterocycles. The van der Waals surface area contributed by atoms with Crippen molar-refractivity contribution in [2.45, 2.75) is 20.4 Å². The van der Waals surface area contributed by atoms with Gasteiger partial charge in [0.1, 0.15) is 5.01 Å². The van der Waals surface area contributed by atoms with E-state index in [0.29, 0.717) is 12.5 Å². The van der Waals surface area contributed by atoms with Crippen LogP contribution in [0.4, 0.5) is 5.95 Å². The fraction of sp³-hybridized carbons (Fsp3) is 0.300. The summed E-state index contributed by atoms with van der Waals surface area (Å²) in [5, 5.41) is 6.23. The molecule has 0 fully saturated rings. The zero-order valence-corrected chi connectivity index (χ0v) is 9.51. The lowest BCUT2D eigenvalue weighted by Crippen LogP contribution is -2.03. The molecule has 5 heteroatoms. The summed E-state index contributed by atoms with van der Waals surface area (Å²) in [4.78, 5) is 12.7. The molecule has 0 aliphatic carbocycles. The predicted octanol–water partition coefficient (Wildman–Crippen LogP) is 2.16. The molecule has 0 aromatic carbocycles. The molecule has 0 amide bonds. The van der Waals surface area contributed by atoms with Crippen LogP contribution in [-0.4, -0.2) is 15.0 Å². The van der Waals surface area contributed by atoms with Crippen LogP contribution in [-0.2, 0) is 6.54 Å². The Hall–Kier alpha value is -1.49. The van der Waals surface area contributed by atoms with Crippen molar-refractivity contribution < 1.29 is 0 Å². The summed E-state index contributed by atoms with van der Waals surface area (Å²) in [6.07, 6.45) is 1.75. The third-order valence-corrected chi connectivity index (χ3v) is 2.83. The molecule has 2 aromatic heterocycles. The number of aromatic nitrogens is 3. The van der Waals surface area contributed by atoms with Gasteiger partial charge in [0.25, 0.3) is 0 Å². The Kier molecular flexibility index (Phi) is 2.91. The topological polar surface area (TPSA) is 50.7 Å². The van der Waals surface area contributed by atoms with Gasteiger partial charge < -0.3 is 5.32 Å². The van der Waals surface area contributed by atoms with Crippen LogP contribution in [0.5, 0.6) is 0 Å². The second kappa shape index (κ2) is 4.35. The van der Waals surface area contributed by atoms with E-state index < -0.39 is 0 Å². The normalized spacial score (nSPS) is 10.3. The first-order valence-electron chi connectivity index (χ1n) is 4.68. The Bertz CT molecular complexity index is 452. The second-order valence-corrected chi connectivity index (χ2v) is 4.20. The molecule has 2 rings (SSSR count). The molecular weight excluding hydrogens is 208 g/mol. The van der Waals surface area contributed by atoms with Gasteiger partial charge in [-0.15, -0.1) is 11.3 Å². The van der Waals surface area contributed by atoms with Gasteiger partial charge in [-0.05, 0) is 19.9 Å². The van der Waals surface area contributed by atoms with Gasteiger partial charge in [0.2, 0.25) is 5.95 Å². The highest BCUT2D eigenvalue weighted by molar-refractivity contribution is 7.09. The van der Waals surface area contributed by atoms with Gasteiger partial charge in [-0.2, -0.15) is 0 Å². The van der Waals surface area contributed by atoms with E-state index in [0.717, 1.165) is 16.4 Å². The summed E-state index contributed by atoms with van der Waals surface area (Å²) < 4.78 is 0. The maximum Gasteiger partial charge on any atom is 0.223 e. The molecule has 15 heavy (non-hydrogen) atoms. The second-order valence-electron chi connectivity index (χ2n) is 3.26. The Morgan fingerprint density at radius 1 is 1.27 bits per heavy atom. The minimum atomic E-state index is 0.655. The summed E-state index contributed by atoms with van der Waals surface area (Å²) in [5.41, 5.74) is 2.02. The van der Waals surface area contributed by atoms with E-state index in [4.69, 9.17) is 0 Å². The molecule has 0 bridgehead atoms. The van der Waals surface area contributed by atoms with Gasteiger partial charge in [0.05, 0.1) is 6.54 Å². The highest BCUT2D eigenvalue weighted by Crippen LogP contribution is 2.10. The minimum absolute atomic E-state index is 0.655. The van der Waals surface area contributed by atoms with Crippen molar-refractivity contribution in [1.29, 1.82) is 0 Å². The van der Waals surface area contributed by atoms with Crippen LogP contribution < -0.4 is 5.32 Å². The standard InChI is InChI=1S/C10H12N4S/c1-7-3-4-11-10(14-7)12-5-9-13-8(2)6-15-9/h3-4,6H,5H2,1-2H3,(H,11,12,14). The van der Waals surface area contributed by atoms with Crippen molar-refractivity contribution in [3.05, 3.63) is 34.0 Å². The number of hydrogen-bond donors (Lipinski definition) is 1. The fourth-order valence-corrected chi connectivity index (χ4v) is 1.88. The summed E-state index contributed by atoms with van der Waals surface area (Å²) in [6, 6.07) is 1.87. The lowest BCUT2D eigenvalue weighted by Gasteiger charge is -2.01. The molecular formula is C10H12N4S. The van der Waals surface area contributed by atoms with Gasteiger partial charge in [0, 0.05) is 23.0 Å². The zero-order chi connectivity index (χ0) is 10.7. The van der Waals surface area contributed by atoms with Gasteiger partial charge in [-0.1, -0.05) is 0 Å².